The highest BCUT2D eigenvalue weighted by Crippen LogP contribution is 2.26. The van der Waals surface area contributed by atoms with Gasteiger partial charge in [0.25, 0.3) is 0 Å². The van der Waals surface area contributed by atoms with Gasteiger partial charge in [-0.15, -0.1) is 0 Å². The Morgan fingerprint density at radius 3 is 1.50 bits per heavy atom. The Morgan fingerprint density at radius 2 is 1.03 bits per heavy atom. The van der Waals surface area contributed by atoms with E-state index in [1.807, 2.05) is 0 Å². The lowest BCUT2D eigenvalue weighted by atomic mass is 9.87. The summed E-state index contributed by atoms with van der Waals surface area (Å²) < 4.78 is 5.60. The molecule has 0 aliphatic rings. The zero-order valence-corrected chi connectivity index (χ0v) is 25.5. The maximum Gasteiger partial charge on any atom is 0.333 e. The molecule has 214 valence electrons. The number of hydrogen-bond acceptors (Lipinski definition) is 2. The van der Waals surface area contributed by atoms with Crippen molar-refractivity contribution >= 4 is 5.97 Å². The highest BCUT2D eigenvalue weighted by atomic mass is 16.5. The molecule has 0 rings (SSSR count). The van der Waals surface area contributed by atoms with Crippen molar-refractivity contribution in [1.29, 1.82) is 0 Å². The van der Waals surface area contributed by atoms with Crippen LogP contribution in [0.15, 0.2) is 12.2 Å². The average molecular weight is 507 g/mol. The van der Waals surface area contributed by atoms with Gasteiger partial charge in [0.05, 0.1) is 6.61 Å². The highest BCUT2D eigenvalue weighted by molar-refractivity contribution is 5.86. The molecule has 0 heterocycles. The Labute approximate surface area is 227 Å². The molecule has 0 saturated heterocycles. The summed E-state index contributed by atoms with van der Waals surface area (Å²) in [6.45, 7) is 15.5. The van der Waals surface area contributed by atoms with E-state index in [1.165, 1.54) is 141 Å². The monoisotopic (exact) mass is 507 g/mol. The highest BCUT2D eigenvalue weighted by Gasteiger charge is 2.17. The lowest BCUT2D eigenvalue weighted by Crippen LogP contribution is -2.17. The molecule has 0 aromatic carbocycles. The summed E-state index contributed by atoms with van der Waals surface area (Å²) in [5.41, 5.74) is 0.514. The van der Waals surface area contributed by atoms with Gasteiger partial charge < -0.3 is 4.74 Å². The van der Waals surface area contributed by atoms with Crippen molar-refractivity contribution in [1.82, 2.24) is 0 Å². The smallest absolute Gasteiger partial charge is 0.333 e. The molecule has 0 fully saturated rings. The van der Waals surface area contributed by atoms with Gasteiger partial charge in [0, 0.05) is 5.57 Å². The fourth-order valence-electron chi connectivity index (χ4n) is 5.43. The van der Waals surface area contributed by atoms with Crippen LogP contribution in [0, 0.1) is 17.8 Å². The van der Waals surface area contributed by atoms with Crippen molar-refractivity contribution in [3.05, 3.63) is 12.2 Å². The third kappa shape index (κ3) is 23.6. The Kier molecular flexibility index (Phi) is 25.3. The summed E-state index contributed by atoms with van der Waals surface area (Å²) in [4.78, 5) is 12.0. The molecule has 0 amide bonds. The van der Waals surface area contributed by atoms with E-state index < -0.39 is 0 Å². The van der Waals surface area contributed by atoms with Crippen LogP contribution in [-0.4, -0.2) is 12.6 Å². The maximum absolute atomic E-state index is 12.0. The van der Waals surface area contributed by atoms with Crippen molar-refractivity contribution in [3.63, 3.8) is 0 Å². The van der Waals surface area contributed by atoms with Crippen molar-refractivity contribution in [2.75, 3.05) is 6.61 Å². The molecule has 0 aliphatic heterocycles. The van der Waals surface area contributed by atoms with Gasteiger partial charge in [0.15, 0.2) is 0 Å². The minimum absolute atomic E-state index is 0.223. The summed E-state index contributed by atoms with van der Waals surface area (Å²) in [6.07, 6.45) is 30.0. The topological polar surface area (TPSA) is 26.3 Å². The number of carbonyl (C=O) groups excluding carboxylic acids is 1. The van der Waals surface area contributed by atoms with Crippen molar-refractivity contribution in [2.24, 2.45) is 17.8 Å². The number of carbonyl (C=O) groups is 1. The molecule has 0 bridgehead atoms. The molecule has 0 N–H and O–H groups in total. The molecule has 0 saturated carbocycles. The third-order valence-electron chi connectivity index (χ3n) is 7.94. The standard InChI is InChI=1S/C34H66O2/c1-7-9-11-13-15-17-19-21-24-31(5)26-23-27-33(29-36-34(35)30(3)4)28-32(6)25-22-20-18-16-14-12-10-8-2/h31-33H,3,7-29H2,1-2,4-6H3. The second-order valence-corrected chi connectivity index (χ2v) is 12.1. The Bertz CT molecular complexity index is 497. The van der Waals surface area contributed by atoms with Crippen molar-refractivity contribution < 1.29 is 9.53 Å². The molecule has 36 heavy (non-hydrogen) atoms. The van der Waals surface area contributed by atoms with Crippen molar-refractivity contribution in [2.45, 2.75) is 176 Å². The van der Waals surface area contributed by atoms with Gasteiger partial charge in [0.1, 0.15) is 0 Å². The van der Waals surface area contributed by atoms with Crippen LogP contribution in [0.2, 0.25) is 0 Å². The quantitative estimate of drug-likeness (QED) is 0.0629. The van der Waals surface area contributed by atoms with E-state index in [0.717, 1.165) is 5.92 Å². The van der Waals surface area contributed by atoms with Crippen LogP contribution in [0.5, 0.6) is 0 Å². The van der Waals surface area contributed by atoms with Gasteiger partial charge >= 0.3 is 5.97 Å². The number of ether oxygens (including phenoxy) is 1. The molecular weight excluding hydrogens is 440 g/mol. The van der Waals surface area contributed by atoms with Crippen LogP contribution < -0.4 is 0 Å². The Hall–Kier alpha value is -0.790. The minimum atomic E-state index is -0.223. The summed E-state index contributed by atoms with van der Waals surface area (Å²) in [7, 11) is 0. The predicted molar refractivity (Wildman–Crippen MR) is 161 cm³/mol. The van der Waals surface area contributed by atoms with Gasteiger partial charge in [-0.2, -0.15) is 0 Å². The van der Waals surface area contributed by atoms with Gasteiger partial charge in [0.2, 0.25) is 0 Å². The molecule has 3 unspecified atom stereocenters. The number of unbranched alkanes of at least 4 members (excludes halogenated alkanes) is 14. The molecule has 0 aromatic heterocycles. The first kappa shape index (κ1) is 35.2. The molecule has 2 nitrogen and oxygen atoms in total. The van der Waals surface area contributed by atoms with E-state index in [2.05, 4.69) is 34.3 Å². The van der Waals surface area contributed by atoms with E-state index in [1.54, 1.807) is 6.92 Å². The largest absolute Gasteiger partial charge is 0.462 e. The molecule has 0 aliphatic carbocycles. The summed E-state index contributed by atoms with van der Waals surface area (Å²) >= 11 is 0. The summed E-state index contributed by atoms with van der Waals surface area (Å²) in [6, 6.07) is 0. The van der Waals surface area contributed by atoms with Crippen LogP contribution >= 0.6 is 0 Å². The Balaban J connectivity index is 4.15. The zero-order valence-electron chi connectivity index (χ0n) is 25.5. The fraction of sp³-hybridized carbons (Fsp3) is 0.912. The molecule has 3 atom stereocenters. The average Bonchev–Trinajstić information content (AvgIpc) is 2.85. The van der Waals surface area contributed by atoms with Gasteiger partial charge in [-0.25, -0.2) is 4.79 Å². The second kappa shape index (κ2) is 25.8. The van der Waals surface area contributed by atoms with Gasteiger partial charge in [-0.3, -0.25) is 0 Å². The lowest BCUT2D eigenvalue weighted by Gasteiger charge is -2.22. The minimum Gasteiger partial charge on any atom is -0.462 e. The number of rotatable bonds is 27. The van der Waals surface area contributed by atoms with Gasteiger partial charge in [-0.05, 0) is 37.5 Å². The molecule has 0 radical (unpaired) electrons. The first-order valence-corrected chi connectivity index (χ1v) is 16.2. The van der Waals surface area contributed by atoms with E-state index in [0.29, 0.717) is 24.0 Å². The summed E-state index contributed by atoms with van der Waals surface area (Å²) in [5.74, 6) is 1.80. The van der Waals surface area contributed by atoms with Crippen LogP contribution in [-0.2, 0) is 9.53 Å². The summed E-state index contributed by atoms with van der Waals surface area (Å²) in [5, 5.41) is 0. The first-order valence-electron chi connectivity index (χ1n) is 16.2. The van der Waals surface area contributed by atoms with Crippen LogP contribution in [0.3, 0.4) is 0 Å². The SMILES string of the molecule is C=C(C)C(=O)OCC(CCCC(C)CCCCCCCCCC)CC(C)CCCCCCCCCC. The third-order valence-corrected chi connectivity index (χ3v) is 7.94. The fourth-order valence-corrected chi connectivity index (χ4v) is 5.43. The number of hydrogen-bond donors (Lipinski definition) is 0. The maximum atomic E-state index is 12.0. The van der Waals surface area contributed by atoms with Crippen LogP contribution in [0.25, 0.3) is 0 Å². The lowest BCUT2D eigenvalue weighted by molar-refractivity contribution is -0.140. The molecule has 0 spiro atoms. The van der Waals surface area contributed by atoms with E-state index >= 15 is 0 Å². The van der Waals surface area contributed by atoms with Crippen LogP contribution in [0.1, 0.15) is 176 Å². The van der Waals surface area contributed by atoms with E-state index in [-0.39, 0.29) is 5.97 Å². The predicted octanol–water partition coefficient (Wildman–Crippen LogP) is 11.6. The van der Waals surface area contributed by atoms with E-state index in [4.69, 9.17) is 4.74 Å². The Morgan fingerprint density at radius 1 is 0.611 bits per heavy atom. The molecular formula is C34H66O2. The molecule has 0 aromatic rings. The normalized spacial score (nSPS) is 13.9. The van der Waals surface area contributed by atoms with Gasteiger partial charge in [-0.1, -0.05) is 163 Å². The van der Waals surface area contributed by atoms with Crippen LogP contribution in [0.4, 0.5) is 0 Å². The second-order valence-electron chi connectivity index (χ2n) is 12.1. The zero-order chi connectivity index (χ0) is 26.9. The molecule has 2 heteroatoms. The first-order chi connectivity index (χ1) is 17.4. The van der Waals surface area contributed by atoms with E-state index in [9.17, 15) is 4.79 Å². The number of esters is 1. The van der Waals surface area contributed by atoms with Crippen molar-refractivity contribution in [3.8, 4) is 0 Å².